The highest BCUT2D eigenvalue weighted by Crippen LogP contribution is 2.16. The molecule has 0 atom stereocenters. The molecule has 0 fully saturated rings. The minimum absolute atomic E-state index is 0.471. The van der Waals surface area contributed by atoms with Crippen LogP contribution in [-0.4, -0.2) is 9.36 Å². The van der Waals surface area contributed by atoms with Gasteiger partial charge in [0.05, 0.1) is 12.3 Å². The molecule has 0 N–H and O–H groups in total. The summed E-state index contributed by atoms with van der Waals surface area (Å²) in [6, 6.07) is 3.67. The van der Waals surface area contributed by atoms with Crippen LogP contribution in [0.1, 0.15) is 0 Å². The van der Waals surface area contributed by atoms with Gasteiger partial charge < -0.3 is 4.42 Å². The number of hydrogen-bond donors (Lipinski definition) is 0. The molecule has 3 rings (SSSR count). The maximum Gasteiger partial charge on any atom is 0.331 e. The molecule has 0 aromatic carbocycles. The van der Waals surface area contributed by atoms with Crippen LogP contribution in [0.25, 0.3) is 16.7 Å². The number of nitrogens with zero attached hydrogens (tertiary/aromatic N) is 3. The van der Waals surface area contributed by atoms with Crippen LogP contribution in [0.5, 0.6) is 0 Å². The lowest BCUT2D eigenvalue weighted by molar-refractivity contribution is -0.779. The summed E-state index contributed by atoms with van der Waals surface area (Å²) in [6.45, 7) is 0. The van der Waals surface area contributed by atoms with Gasteiger partial charge in [0, 0.05) is 28.5 Å². The van der Waals surface area contributed by atoms with Crippen molar-refractivity contribution in [3.63, 3.8) is 0 Å². The highest BCUT2D eigenvalue weighted by atomic mass is 32.1. The summed E-state index contributed by atoms with van der Waals surface area (Å²) in [5, 5.41) is 0.910. The van der Waals surface area contributed by atoms with Crippen LogP contribution >= 0.6 is 11.5 Å². The van der Waals surface area contributed by atoms with Gasteiger partial charge in [-0.25, -0.2) is 9.51 Å². The molecular formula is C9H6N3O2S+. The van der Waals surface area contributed by atoms with Crippen molar-refractivity contribution in [3.05, 3.63) is 37.0 Å². The lowest BCUT2D eigenvalue weighted by atomic mass is 10.5. The third-order valence-corrected chi connectivity index (χ3v) is 2.57. The van der Waals surface area contributed by atoms with E-state index >= 15 is 0 Å². The zero-order valence-corrected chi connectivity index (χ0v) is 8.35. The lowest BCUT2D eigenvalue weighted by Gasteiger charge is -1.81. The van der Waals surface area contributed by atoms with Gasteiger partial charge in [-0.3, -0.25) is 0 Å². The fourth-order valence-electron chi connectivity index (χ4n) is 1.20. The van der Waals surface area contributed by atoms with Crippen LogP contribution in [-0.2, 0) is 0 Å². The summed E-state index contributed by atoms with van der Waals surface area (Å²) < 4.78 is 16.2. The Morgan fingerprint density at radius 2 is 2.27 bits per heavy atom. The van der Waals surface area contributed by atoms with E-state index in [1.165, 1.54) is 17.8 Å². The van der Waals surface area contributed by atoms with Gasteiger partial charge in [-0.2, -0.15) is 4.37 Å². The summed E-state index contributed by atoms with van der Waals surface area (Å²) >= 11 is 1.35. The molecule has 0 aliphatic rings. The maximum absolute atomic E-state index is 5.50. The average Bonchev–Trinajstić information content (AvgIpc) is 3.02. The van der Waals surface area contributed by atoms with E-state index in [-0.39, 0.29) is 0 Å². The highest BCUT2D eigenvalue weighted by Gasteiger charge is 2.17. The number of oxazole rings is 1. The second-order valence-electron chi connectivity index (χ2n) is 2.79. The molecule has 0 amide bonds. The molecule has 15 heavy (non-hydrogen) atoms. The van der Waals surface area contributed by atoms with E-state index in [9.17, 15) is 0 Å². The minimum Gasteiger partial charge on any atom is -0.442 e. The molecule has 74 valence electrons. The maximum atomic E-state index is 5.50. The van der Waals surface area contributed by atoms with E-state index in [1.807, 2.05) is 6.07 Å². The number of aromatic nitrogens is 3. The van der Waals surface area contributed by atoms with Crippen molar-refractivity contribution >= 4 is 11.5 Å². The van der Waals surface area contributed by atoms with Crippen molar-refractivity contribution in [2.75, 3.05) is 0 Å². The highest BCUT2D eigenvalue weighted by molar-refractivity contribution is 7.07. The van der Waals surface area contributed by atoms with Crippen LogP contribution in [0.4, 0.5) is 0 Å². The van der Waals surface area contributed by atoms with E-state index in [2.05, 4.69) is 9.36 Å². The van der Waals surface area contributed by atoms with Crippen molar-refractivity contribution in [2.24, 2.45) is 0 Å². The average molecular weight is 220 g/mol. The third-order valence-electron chi connectivity index (χ3n) is 1.84. The van der Waals surface area contributed by atoms with Crippen molar-refractivity contribution in [2.45, 2.75) is 0 Å². The van der Waals surface area contributed by atoms with E-state index in [1.54, 1.807) is 29.4 Å². The Morgan fingerprint density at radius 1 is 1.27 bits per heavy atom. The van der Waals surface area contributed by atoms with Gasteiger partial charge in [0.2, 0.25) is 6.20 Å². The summed E-state index contributed by atoms with van der Waals surface area (Å²) in [4.78, 5) is 4.00. The molecule has 3 heterocycles. The Bertz CT molecular complexity index is 493. The van der Waals surface area contributed by atoms with Crippen molar-refractivity contribution < 1.29 is 13.7 Å². The second-order valence-corrected chi connectivity index (χ2v) is 3.60. The van der Waals surface area contributed by atoms with Gasteiger partial charge in [0.1, 0.15) is 6.26 Å². The van der Waals surface area contributed by atoms with Crippen LogP contribution in [0.2, 0.25) is 0 Å². The van der Waals surface area contributed by atoms with Gasteiger partial charge in [-0.1, -0.05) is 0 Å². The first kappa shape index (κ1) is 8.37. The molecule has 3 aromatic rings. The van der Waals surface area contributed by atoms with Gasteiger partial charge in [0.25, 0.3) is 11.7 Å². The van der Waals surface area contributed by atoms with Crippen molar-refractivity contribution in [3.8, 4) is 16.7 Å². The van der Waals surface area contributed by atoms with Crippen LogP contribution < -0.4 is 4.74 Å². The Kier molecular flexibility index (Phi) is 1.85. The van der Waals surface area contributed by atoms with E-state index < -0.39 is 0 Å². The van der Waals surface area contributed by atoms with Gasteiger partial charge in [0.15, 0.2) is 0 Å². The number of hydrogen-bond acceptors (Lipinski definition) is 5. The molecule has 0 saturated carbocycles. The lowest BCUT2D eigenvalue weighted by Crippen LogP contribution is -2.24. The van der Waals surface area contributed by atoms with E-state index in [4.69, 9.17) is 8.94 Å². The third kappa shape index (κ3) is 1.44. The molecule has 0 bridgehead atoms. The minimum atomic E-state index is 0.471. The Morgan fingerprint density at radius 3 is 3.00 bits per heavy atom. The molecule has 0 unspecified atom stereocenters. The second kappa shape index (κ2) is 3.32. The van der Waals surface area contributed by atoms with Crippen molar-refractivity contribution in [1.29, 1.82) is 0 Å². The fourth-order valence-corrected chi connectivity index (χ4v) is 1.73. The van der Waals surface area contributed by atoms with Crippen molar-refractivity contribution in [1.82, 2.24) is 9.36 Å². The zero-order valence-electron chi connectivity index (χ0n) is 7.53. The Labute approximate surface area is 88.7 Å². The topological polar surface area (TPSA) is 55.9 Å². The normalized spacial score (nSPS) is 10.7. The smallest absolute Gasteiger partial charge is 0.331 e. The van der Waals surface area contributed by atoms with Crippen LogP contribution in [0.3, 0.4) is 0 Å². The molecular weight excluding hydrogens is 214 g/mol. The molecule has 0 aliphatic carbocycles. The quantitative estimate of drug-likeness (QED) is 0.616. The molecule has 5 nitrogen and oxygen atoms in total. The first-order valence-electron chi connectivity index (χ1n) is 4.26. The van der Waals surface area contributed by atoms with Gasteiger partial charge in [-0.05, 0) is 0 Å². The van der Waals surface area contributed by atoms with E-state index in [0.717, 1.165) is 5.00 Å². The van der Waals surface area contributed by atoms with Crippen LogP contribution in [0, 0.1) is 0 Å². The zero-order chi connectivity index (χ0) is 10.1. The van der Waals surface area contributed by atoms with E-state index in [0.29, 0.717) is 11.7 Å². The van der Waals surface area contributed by atoms with Gasteiger partial charge in [-0.15, -0.1) is 0 Å². The summed E-state index contributed by atoms with van der Waals surface area (Å²) in [7, 11) is 0. The predicted molar refractivity (Wildman–Crippen MR) is 51.4 cm³/mol. The standard InChI is InChI=1S/C9H6N3O2S/c1-3-11-15-8(1)12-5-2-7(14-12)9-10-4-6-13-9/h1-6H/q+1. The fraction of sp³-hybridized carbons (Fsp3) is 0. The molecule has 3 aromatic heterocycles. The molecule has 0 radical (unpaired) electrons. The summed E-state index contributed by atoms with van der Waals surface area (Å²) in [5.74, 6) is 1.06. The SMILES string of the molecule is c1cc(-[n+]2ccc(-c3ncco3)o2)sn1. The molecule has 0 saturated heterocycles. The first-order valence-corrected chi connectivity index (χ1v) is 5.04. The molecule has 0 spiro atoms. The van der Waals surface area contributed by atoms with Gasteiger partial charge >= 0.3 is 5.00 Å². The predicted octanol–water partition coefficient (Wildman–Crippen LogP) is 1.67. The molecule has 6 heteroatoms. The Balaban J connectivity index is 2.02. The summed E-state index contributed by atoms with van der Waals surface area (Å²) in [5.41, 5.74) is 0. The first-order chi connectivity index (χ1) is 7.43. The monoisotopic (exact) mass is 220 g/mol. The Hall–Kier alpha value is -1.95. The summed E-state index contributed by atoms with van der Waals surface area (Å²) in [6.07, 6.45) is 6.61. The largest absolute Gasteiger partial charge is 0.442 e. The molecule has 0 aliphatic heterocycles. The van der Waals surface area contributed by atoms with Crippen LogP contribution in [0.15, 0.2) is 45.9 Å². The number of rotatable bonds is 2.